The van der Waals surface area contributed by atoms with Crippen molar-refractivity contribution in [2.24, 2.45) is 0 Å². The summed E-state index contributed by atoms with van der Waals surface area (Å²) >= 11 is 2.04. The van der Waals surface area contributed by atoms with E-state index in [0.717, 1.165) is 22.8 Å². The molecule has 2 N–H and O–H groups in total. The van der Waals surface area contributed by atoms with Crippen molar-refractivity contribution in [1.82, 2.24) is 9.88 Å². The molecule has 2 aromatic heterocycles. The molecule has 1 amide bonds. The quantitative estimate of drug-likeness (QED) is 0.528. The van der Waals surface area contributed by atoms with Gasteiger partial charge >= 0.3 is 0 Å². The van der Waals surface area contributed by atoms with Crippen molar-refractivity contribution in [3.05, 3.63) is 51.8 Å². The number of benzene rings is 1. The van der Waals surface area contributed by atoms with Gasteiger partial charge in [0, 0.05) is 22.5 Å². The van der Waals surface area contributed by atoms with Crippen molar-refractivity contribution in [2.45, 2.75) is 25.3 Å². The number of likely N-dealkylation sites (tertiary alicyclic amines) is 1. The molecule has 0 saturated carbocycles. The van der Waals surface area contributed by atoms with Gasteiger partial charge in [-0.2, -0.15) is 0 Å². The average Bonchev–Trinajstić information content (AvgIpc) is 3.08. The molecule has 1 fully saturated rings. The van der Waals surface area contributed by atoms with E-state index in [-0.39, 0.29) is 30.0 Å². The predicted molar refractivity (Wildman–Crippen MR) is 112 cm³/mol. The maximum absolute atomic E-state index is 14.4. The zero-order valence-corrected chi connectivity index (χ0v) is 17.1. The fourth-order valence-corrected chi connectivity index (χ4v) is 3.98. The number of pyridine rings is 1. The van der Waals surface area contributed by atoms with E-state index in [4.69, 9.17) is 4.42 Å². The fourth-order valence-electron chi connectivity index (χ4n) is 3.53. The van der Waals surface area contributed by atoms with E-state index in [1.54, 1.807) is 35.5 Å². The molecule has 3 heterocycles. The minimum absolute atomic E-state index is 0.0952. The molecule has 0 aliphatic carbocycles. The van der Waals surface area contributed by atoms with Crippen LogP contribution in [0.5, 0.6) is 0 Å². The summed E-state index contributed by atoms with van der Waals surface area (Å²) in [7, 11) is 0. The van der Waals surface area contributed by atoms with Crippen LogP contribution in [0.15, 0.2) is 41.1 Å². The molecule has 0 radical (unpaired) electrons. The number of halogens is 2. The van der Waals surface area contributed by atoms with Crippen LogP contribution < -0.4 is 5.32 Å². The van der Waals surface area contributed by atoms with Crippen molar-refractivity contribution in [1.29, 1.82) is 0 Å². The molecular formula is C20H19FIN3O3. The zero-order chi connectivity index (χ0) is 19.7. The van der Waals surface area contributed by atoms with Crippen LogP contribution in [0.2, 0.25) is 0 Å². The summed E-state index contributed by atoms with van der Waals surface area (Å²) < 4.78 is 21.0. The molecule has 8 heteroatoms. The third-order valence-corrected chi connectivity index (χ3v) is 5.64. The highest BCUT2D eigenvalue weighted by atomic mass is 127. The number of hydrogen-bond donors (Lipinski definition) is 2. The Morgan fingerprint density at radius 3 is 3.04 bits per heavy atom. The molecule has 6 nitrogen and oxygen atoms in total. The minimum Gasteiger partial charge on any atom is -0.448 e. The lowest BCUT2D eigenvalue weighted by atomic mass is 10.0. The Kier molecular flexibility index (Phi) is 5.49. The van der Waals surface area contributed by atoms with E-state index in [0.29, 0.717) is 23.2 Å². The Labute approximate surface area is 174 Å². The summed E-state index contributed by atoms with van der Waals surface area (Å²) in [6, 6.07) is 6.24. The van der Waals surface area contributed by atoms with Gasteiger partial charge in [-0.1, -0.05) is 0 Å². The number of nitrogens with zero attached hydrogens (tertiary/aromatic N) is 2. The lowest BCUT2D eigenvalue weighted by Crippen LogP contribution is -2.45. The molecule has 1 aromatic carbocycles. The molecule has 0 spiro atoms. The fraction of sp³-hybridized carbons (Fsp3) is 0.300. The number of amides is 1. The molecule has 28 heavy (non-hydrogen) atoms. The third-order valence-electron chi connectivity index (χ3n) is 4.97. The number of carbonyl (C=O) groups is 1. The van der Waals surface area contributed by atoms with Crippen molar-refractivity contribution >= 4 is 50.8 Å². The van der Waals surface area contributed by atoms with Gasteiger partial charge < -0.3 is 19.7 Å². The van der Waals surface area contributed by atoms with Gasteiger partial charge in [0.05, 0.1) is 23.7 Å². The normalized spacial score (nSPS) is 17.1. The van der Waals surface area contributed by atoms with Crippen LogP contribution in [0.25, 0.3) is 11.0 Å². The number of fused-ring (bicyclic) bond motifs is 1. The van der Waals surface area contributed by atoms with E-state index in [1.807, 2.05) is 22.6 Å². The van der Waals surface area contributed by atoms with Crippen LogP contribution >= 0.6 is 22.6 Å². The number of aromatic nitrogens is 1. The Bertz CT molecular complexity index is 1020. The van der Waals surface area contributed by atoms with Gasteiger partial charge in [-0.05, 0) is 66.1 Å². The number of aliphatic hydroxyl groups is 1. The molecule has 1 saturated heterocycles. The number of hydrogen-bond acceptors (Lipinski definition) is 5. The summed E-state index contributed by atoms with van der Waals surface area (Å²) in [6.45, 7) is 0.457. The lowest BCUT2D eigenvalue weighted by molar-refractivity contribution is 0.0476. The van der Waals surface area contributed by atoms with Gasteiger partial charge in [0.25, 0.3) is 5.91 Å². The minimum atomic E-state index is -0.422. The van der Waals surface area contributed by atoms with E-state index < -0.39 is 5.82 Å². The van der Waals surface area contributed by atoms with Crippen molar-refractivity contribution in [3.8, 4) is 0 Å². The standard InChI is InChI=1S/C20H19FIN3O3/c21-15-9-12(22)4-5-16(15)24-18-14-10-23-7-6-17(14)28-19(18)20(27)25-8-2-1-3-13(25)11-26/h4-7,9-10,13,24,26H,1-3,8,11H2. The highest BCUT2D eigenvalue weighted by Gasteiger charge is 2.32. The second-order valence-electron chi connectivity index (χ2n) is 6.76. The van der Waals surface area contributed by atoms with E-state index in [2.05, 4.69) is 10.3 Å². The van der Waals surface area contributed by atoms with Gasteiger partial charge in [-0.25, -0.2) is 4.39 Å². The third kappa shape index (κ3) is 3.58. The van der Waals surface area contributed by atoms with Crippen molar-refractivity contribution in [2.75, 3.05) is 18.5 Å². The highest BCUT2D eigenvalue weighted by Crippen LogP contribution is 2.35. The van der Waals surface area contributed by atoms with Crippen molar-refractivity contribution < 1.29 is 18.7 Å². The van der Waals surface area contributed by atoms with Gasteiger partial charge in [0.1, 0.15) is 17.1 Å². The molecule has 1 atom stereocenters. The molecule has 0 bridgehead atoms. The summed E-state index contributed by atoms with van der Waals surface area (Å²) in [5.41, 5.74) is 1.12. The zero-order valence-electron chi connectivity index (χ0n) is 15.0. The predicted octanol–water partition coefficient (Wildman–Crippen LogP) is 4.30. The van der Waals surface area contributed by atoms with E-state index >= 15 is 0 Å². The number of nitrogens with one attached hydrogen (secondary N) is 1. The largest absolute Gasteiger partial charge is 0.448 e. The summed E-state index contributed by atoms with van der Waals surface area (Å²) in [6.07, 6.45) is 5.75. The first-order chi connectivity index (χ1) is 13.6. The lowest BCUT2D eigenvalue weighted by Gasteiger charge is -2.34. The number of rotatable bonds is 4. The van der Waals surface area contributed by atoms with Crippen LogP contribution in [0.1, 0.15) is 29.8 Å². The Morgan fingerprint density at radius 2 is 2.25 bits per heavy atom. The molecule has 1 aliphatic heterocycles. The monoisotopic (exact) mass is 495 g/mol. The summed E-state index contributed by atoms with van der Waals surface area (Å²) in [4.78, 5) is 19.0. The first-order valence-electron chi connectivity index (χ1n) is 9.09. The maximum atomic E-state index is 14.4. The summed E-state index contributed by atoms with van der Waals surface area (Å²) in [5, 5.41) is 13.3. The van der Waals surface area contributed by atoms with Crippen molar-refractivity contribution in [3.63, 3.8) is 0 Å². The number of aliphatic hydroxyl groups excluding tert-OH is 1. The molecular weight excluding hydrogens is 476 g/mol. The second kappa shape index (κ2) is 8.04. The number of anilines is 2. The molecule has 3 aromatic rings. The van der Waals surface area contributed by atoms with Crippen LogP contribution in [0, 0.1) is 9.39 Å². The summed E-state index contributed by atoms with van der Waals surface area (Å²) in [5.74, 6) is -0.639. The molecule has 1 unspecified atom stereocenters. The van der Waals surface area contributed by atoms with Gasteiger partial charge in [-0.15, -0.1) is 0 Å². The topological polar surface area (TPSA) is 78.6 Å². The molecule has 1 aliphatic rings. The van der Waals surface area contributed by atoms with Crippen LogP contribution in [-0.2, 0) is 0 Å². The Morgan fingerprint density at radius 1 is 1.39 bits per heavy atom. The smallest absolute Gasteiger partial charge is 0.292 e. The molecule has 4 rings (SSSR count). The SMILES string of the molecule is O=C(c1oc2ccncc2c1Nc1ccc(I)cc1F)N1CCCCC1CO. The highest BCUT2D eigenvalue weighted by molar-refractivity contribution is 14.1. The van der Waals surface area contributed by atoms with Crippen LogP contribution in [-0.4, -0.2) is 40.1 Å². The Hall–Kier alpha value is -2.20. The average molecular weight is 495 g/mol. The first-order valence-corrected chi connectivity index (χ1v) is 10.2. The van der Waals surface area contributed by atoms with Gasteiger partial charge in [0.2, 0.25) is 5.76 Å². The van der Waals surface area contributed by atoms with Gasteiger partial charge in [-0.3, -0.25) is 9.78 Å². The van der Waals surface area contributed by atoms with Crippen LogP contribution in [0.3, 0.4) is 0 Å². The van der Waals surface area contributed by atoms with Gasteiger partial charge in [0.15, 0.2) is 0 Å². The van der Waals surface area contributed by atoms with E-state index in [1.165, 1.54) is 6.07 Å². The number of piperidine rings is 1. The molecule has 146 valence electrons. The van der Waals surface area contributed by atoms with E-state index in [9.17, 15) is 14.3 Å². The Balaban J connectivity index is 1.77. The van der Waals surface area contributed by atoms with Crippen LogP contribution in [0.4, 0.5) is 15.8 Å². The number of carbonyl (C=O) groups excluding carboxylic acids is 1. The second-order valence-corrected chi connectivity index (χ2v) is 8.00. The number of furan rings is 1. The maximum Gasteiger partial charge on any atom is 0.292 e. The first kappa shape index (κ1) is 19.1.